The highest BCUT2D eigenvalue weighted by Gasteiger charge is 2.54. The second-order valence-electron chi connectivity index (χ2n) is 7.29. The Labute approximate surface area is 207 Å². The Hall–Kier alpha value is -3.07. The Morgan fingerprint density at radius 1 is 0.771 bits per heavy atom. The summed E-state index contributed by atoms with van der Waals surface area (Å²) in [5.41, 5.74) is -0.982. The Morgan fingerprint density at radius 3 is 1.74 bits per heavy atom. The first kappa shape index (κ1) is 23.7. The van der Waals surface area contributed by atoms with Gasteiger partial charge in [-0.05, 0) is 30.3 Å². The van der Waals surface area contributed by atoms with Gasteiger partial charge in [0.15, 0.2) is 5.60 Å². The zero-order valence-electron chi connectivity index (χ0n) is 16.8. The molecule has 0 amide bonds. The number of benzene rings is 3. The molecule has 2 aliphatic rings. The van der Waals surface area contributed by atoms with Crippen molar-refractivity contribution in [1.82, 2.24) is 0 Å². The maximum atomic E-state index is 13.0. The van der Waals surface area contributed by atoms with Crippen LogP contribution >= 0.6 is 23.2 Å². The first-order chi connectivity index (χ1) is 16.3. The van der Waals surface area contributed by atoms with E-state index in [0.717, 1.165) is 12.1 Å². The van der Waals surface area contributed by atoms with Crippen molar-refractivity contribution in [3.05, 3.63) is 80.8 Å². The standard InChI is InChI=1S/C20H10Cl2O11S2/c21-14-6-5-13-17(18(14)22)19(23)31-20(13)11-3-1-9(32-34(24,25)26)7-15(11)30-16-8-10(2-4-12(16)20)33-35(27,28)29/h1-8H,(H,24,25,26)(H,27,28,29). The Bertz CT molecular complexity index is 1570. The average Bonchev–Trinajstić information content (AvgIpc) is 3.01. The second kappa shape index (κ2) is 7.71. The van der Waals surface area contributed by atoms with E-state index in [1.807, 2.05) is 0 Å². The van der Waals surface area contributed by atoms with Crippen LogP contribution in [0, 0.1) is 0 Å². The lowest BCUT2D eigenvalue weighted by Crippen LogP contribution is -2.33. The van der Waals surface area contributed by atoms with Gasteiger partial charge in [0.2, 0.25) is 0 Å². The predicted octanol–water partition coefficient (Wildman–Crippen LogP) is 3.92. The zero-order valence-corrected chi connectivity index (χ0v) is 19.9. The van der Waals surface area contributed by atoms with Gasteiger partial charge >= 0.3 is 26.8 Å². The van der Waals surface area contributed by atoms with Crippen LogP contribution in [-0.4, -0.2) is 31.9 Å². The molecule has 5 rings (SSSR count). The predicted molar refractivity (Wildman–Crippen MR) is 119 cm³/mol. The van der Waals surface area contributed by atoms with Crippen LogP contribution < -0.4 is 13.1 Å². The lowest BCUT2D eigenvalue weighted by atomic mass is 9.77. The van der Waals surface area contributed by atoms with Gasteiger partial charge in [0.1, 0.15) is 23.0 Å². The summed E-state index contributed by atoms with van der Waals surface area (Å²) < 4.78 is 83.4. The number of rotatable bonds is 4. The van der Waals surface area contributed by atoms with E-state index in [1.54, 1.807) is 0 Å². The summed E-state index contributed by atoms with van der Waals surface area (Å²) in [7, 11) is -9.75. The summed E-state index contributed by atoms with van der Waals surface area (Å²) in [5.74, 6) is -1.64. The first-order valence-electron chi connectivity index (χ1n) is 9.31. The van der Waals surface area contributed by atoms with Crippen LogP contribution in [0.15, 0.2) is 48.5 Å². The van der Waals surface area contributed by atoms with Crippen molar-refractivity contribution in [1.29, 1.82) is 0 Å². The van der Waals surface area contributed by atoms with E-state index >= 15 is 0 Å². The summed E-state index contributed by atoms with van der Waals surface area (Å²) in [4.78, 5) is 13.0. The van der Waals surface area contributed by atoms with Crippen LogP contribution in [0.5, 0.6) is 23.0 Å². The van der Waals surface area contributed by atoms with Crippen LogP contribution in [0.25, 0.3) is 0 Å². The number of esters is 1. The largest absolute Gasteiger partial charge is 0.456 e. The maximum absolute atomic E-state index is 13.0. The number of halogens is 2. The van der Waals surface area contributed by atoms with Gasteiger partial charge in [-0.2, -0.15) is 16.8 Å². The minimum atomic E-state index is -4.87. The molecule has 15 heteroatoms. The topological polar surface area (TPSA) is 163 Å². The van der Waals surface area contributed by atoms with Crippen LogP contribution in [0.1, 0.15) is 27.0 Å². The van der Waals surface area contributed by atoms with Crippen molar-refractivity contribution < 1.29 is 48.6 Å². The summed E-state index contributed by atoms with van der Waals surface area (Å²) in [6.07, 6.45) is 0. The molecule has 0 aromatic heterocycles. The molecular formula is C20H10Cl2O11S2. The van der Waals surface area contributed by atoms with Gasteiger partial charge < -0.3 is 17.8 Å². The summed E-state index contributed by atoms with van der Waals surface area (Å²) in [5, 5.41) is 0.0408. The lowest BCUT2D eigenvalue weighted by molar-refractivity contribution is 0.0224. The third-order valence-corrected chi connectivity index (χ3v) is 6.82. The monoisotopic (exact) mass is 560 g/mol. The van der Waals surface area contributed by atoms with Crippen LogP contribution in [0.2, 0.25) is 10.0 Å². The smallest absolute Gasteiger partial charge is 0.446 e. The van der Waals surface area contributed by atoms with E-state index in [0.29, 0.717) is 0 Å². The molecule has 0 saturated heterocycles. The molecule has 0 radical (unpaired) electrons. The molecule has 0 saturated carbocycles. The van der Waals surface area contributed by atoms with Crippen molar-refractivity contribution in [2.45, 2.75) is 5.60 Å². The minimum absolute atomic E-state index is 0.0190. The molecule has 1 spiro atoms. The number of ether oxygens (including phenoxy) is 2. The van der Waals surface area contributed by atoms with E-state index in [1.165, 1.54) is 36.4 Å². The number of fused-ring (bicyclic) bond motifs is 6. The first-order valence-corrected chi connectivity index (χ1v) is 12.8. The molecular weight excluding hydrogens is 551 g/mol. The third kappa shape index (κ3) is 3.95. The van der Waals surface area contributed by atoms with E-state index in [9.17, 15) is 21.6 Å². The fraction of sp³-hybridized carbons (Fsp3) is 0.0500. The van der Waals surface area contributed by atoms with Gasteiger partial charge in [-0.1, -0.05) is 29.3 Å². The molecule has 2 aliphatic heterocycles. The fourth-order valence-corrected chi connectivity index (χ4v) is 5.15. The van der Waals surface area contributed by atoms with E-state index < -0.39 is 32.4 Å². The molecule has 11 nitrogen and oxygen atoms in total. The van der Waals surface area contributed by atoms with Gasteiger partial charge in [0, 0.05) is 28.8 Å². The van der Waals surface area contributed by atoms with E-state index in [-0.39, 0.29) is 55.3 Å². The van der Waals surface area contributed by atoms with E-state index in [4.69, 9.17) is 41.8 Å². The summed E-state index contributed by atoms with van der Waals surface area (Å²) in [6.45, 7) is 0. The molecule has 2 N–H and O–H groups in total. The zero-order chi connectivity index (χ0) is 25.3. The normalized spacial score (nSPS) is 15.5. The van der Waals surface area contributed by atoms with Crippen LogP contribution in [0.3, 0.4) is 0 Å². The Balaban J connectivity index is 1.79. The Kier molecular flexibility index (Phi) is 5.22. The fourth-order valence-electron chi connectivity index (χ4n) is 4.06. The van der Waals surface area contributed by atoms with Gasteiger partial charge in [0.25, 0.3) is 0 Å². The molecule has 0 unspecified atom stereocenters. The van der Waals surface area contributed by atoms with Crippen molar-refractivity contribution in [3.8, 4) is 23.0 Å². The highest BCUT2D eigenvalue weighted by molar-refractivity contribution is 7.81. The number of carbonyl (C=O) groups excluding carboxylic acids is 1. The van der Waals surface area contributed by atoms with Crippen molar-refractivity contribution in [2.75, 3.05) is 0 Å². The summed E-state index contributed by atoms with van der Waals surface area (Å²) >= 11 is 12.4. The van der Waals surface area contributed by atoms with Crippen molar-refractivity contribution in [2.24, 2.45) is 0 Å². The van der Waals surface area contributed by atoms with Gasteiger partial charge in [-0.3, -0.25) is 9.11 Å². The molecule has 3 aromatic rings. The minimum Gasteiger partial charge on any atom is -0.456 e. The van der Waals surface area contributed by atoms with Crippen LogP contribution in [-0.2, 0) is 31.1 Å². The SMILES string of the molecule is O=C1OC2(c3ccc(OS(=O)(=O)O)cc3Oc3cc(OS(=O)(=O)O)ccc32)c2ccc(Cl)c(Cl)c21. The third-order valence-electron chi connectivity index (χ3n) is 5.21. The van der Waals surface area contributed by atoms with Gasteiger partial charge in [0.05, 0.1) is 15.6 Å². The molecule has 3 aromatic carbocycles. The maximum Gasteiger partial charge on any atom is 0.446 e. The molecule has 0 aliphatic carbocycles. The molecule has 35 heavy (non-hydrogen) atoms. The number of carbonyl (C=O) groups is 1. The van der Waals surface area contributed by atoms with Crippen molar-refractivity contribution >= 4 is 50.0 Å². The molecule has 0 fully saturated rings. The molecule has 2 heterocycles. The van der Waals surface area contributed by atoms with Gasteiger partial charge in [-0.25, -0.2) is 4.79 Å². The second-order valence-corrected chi connectivity index (χ2v) is 10.1. The summed E-state index contributed by atoms with van der Waals surface area (Å²) in [6, 6.07) is 10.3. The van der Waals surface area contributed by atoms with Gasteiger partial charge in [-0.15, -0.1) is 0 Å². The highest BCUT2D eigenvalue weighted by Crippen LogP contribution is 2.58. The quantitative estimate of drug-likeness (QED) is 0.351. The van der Waals surface area contributed by atoms with E-state index in [2.05, 4.69) is 8.37 Å². The highest BCUT2D eigenvalue weighted by atomic mass is 35.5. The Morgan fingerprint density at radius 2 is 1.26 bits per heavy atom. The van der Waals surface area contributed by atoms with Crippen molar-refractivity contribution in [3.63, 3.8) is 0 Å². The molecule has 0 atom stereocenters. The lowest BCUT2D eigenvalue weighted by Gasteiger charge is -2.36. The molecule has 182 valence electrons. The molecule has 0 bridgehead atoms. The number of hydrogen-bond donors (Lipinski definition) is 2. The number of hydrogen-bond acceptors (Lipinski definition) is 9. The van der Waals surface area contributed by atoms with Crippen LogP contribution in [0.4, 0.5) is 0 Å². The average molecular weight is 561 g/mol.